The van der Waals surface area contributed by atoms with Gasteiger partial charge in [0.15, 0.2) is 0 Å². The molecule has 0 amide bonds. The number of carbonyl (C=O) groups excluding carboxylic acids is 2. The average molecular weight is 342 g/mol. The molecule has 0 N–H and O–H groups in total. The van der Waals surface area contributed by atoms with Crippen LogP contribution in [0.2, 0.25) is 0 Å². The van der Waals surface area contributed by atoms with E-state index in [9.17, 15) is 9.59 Å². The van der Waals surface area contributed by atoms with E-state index >= 15 is 0 Å². The van der Waals surface area contributed by atoms with Crippen LogP contribution in [0.25, 0.3) is 0 Å². The molecule has 1 rings (SSSR count). The maximum Gasteiger partial charge on any atom is 0.342 e. The highest BCUT2D eigenvalue weighted by Gasteiger charge is 2.28. The number of methoxy groups -OCH3 is 4. The number of hydrogen-bond acceptors (Lipinski definition) is 8. The second kappa shape index (κ2) is 10.5. The lowest BCUT2D eigenvalue weighted by molar-refractivity contribution is 0.0543. The van der Waals surface area contributed by atoms with E-state index in [1.54, 1.807) is 0 Å². The minimum absolute atomic E-state index is 0.0598. The zero-order valence-corrected chi connectivity index (χ0v) is 14.2. The Hall–Kier alpha value is -2.32. The summed E-state index contributed by atoms with van der Waals surface area (Å²) < 4.78 is 30.3. The summed E-state index contributed by atoms with van der Waals surface area (Å²) in [6, 6.07) is 3.05. The second-order valence-electron chi connectivity index (χ2n) is 4.48. The number of rotatable bonds is 10. The first kappa shape index (κ1) is 19.7. The van der Waals surface area contributed by atoms with Crippen molar-refractivity contribution in [3.63, 3.8) is 0 Å². The van der Waals surface area contributed by atoms with Crippen molar-refractivity contribution in [1.29, 1.82) is 0 Å². The molecular weight excluding hydrogens is 320 g/mol. The SMILES string of the molecule is COCCOc1ccc(OCCOC)c(C(=O)OC)c1C(=O)OC. The fourth-order valence-corrected chi connectivity index (χ4v) is 1.88. The molecule has 0 bridgehead atoms. The zero-order valence-electron chi connectivity index (χ0n) is 14.2. The Balaban J connectivity index is 3.31. The largest absolute Gasteiger partial charge is 0.490 e. The molecule has 0 radical (unpaired) electrons. The molecule has 134 valence electrons. The Morgan fingerprint density at radius 2 is 1.08 bits per heavy atom. The first-order valence-electron chi connectivity index (χ1n) is 7.17. The van der Waals surface area contributed by atoms with Gasteiger partial charge in [-0.25, -0.2) is 9.59 Å². The summed E-state index contributed by atoms with van der Waals surface area (Å²) in [4.78, 5) is 24.3. The highest BCUT2D eigenvalue weighted by Crippen LogP contribution is 2.32. The topological polar surface area (TPSA) is 89.5 Å². The molecule has 0 aliphatic heterocycles. The van der Waals surface area contributed by atoms with Gasteiger partial charge in [0, 0.05) is 14.2 Å². The van der Waals surface area contributed by atoms with Crippen LogP contribution in [-0.2, 0) is 18.9 Å². The minimum atomic E-state index is -0.736. The fraction of sp³-hybridized carbons (Fsp3) is 0.500. The molecule has 24 heavy (non-hydrogen) atoms. The van der Waals surface area contributed by atoms with Crippen LogP contribution in [0.15, 0.2) is 12.1 Å². The molecule has 0 saturated carbocycles. The predicted molar refractivity (Wildman–Crippen MR) is 83.9 cm³/mol. The van der Waals surface area contributed by atoms with Crippen LogP contribution < -0.4 is 9.47 Å². The van der Waals surface area contributed by atoms with Crippen LogP contribution in [0.1, 0.15) is 20.7 Å². The van der Waals surface area contributed by atoms with Crippen LogP contribution >= 0.6 is 0 Å². The second-order valence-corrected chi connectivity index (χ2v) is 4.48. The van der Waals surface area contributed by atoms with Crippen molar-refractivity contribution in [2.75, 3.05) is 54.9 Å². The van der Waals surface area contributed by atoms with E-state index in [1.165, 1.54) is 40.6 Å². The molecule has 0 saturated heterocycles. The normalized spacial score (nSPS) is 10.2. The first-order chi connectivity index (χ1) is 11.6. The van der Waals surface area contributed by atoms with Gasteiger partial charge in [-0.2, -0.15) is 0 Å². The monoisotopic (exact) mass is 342 g/mol. The quantitative estimate of drug-likeness (QED) is 0.464. The Bertz CT molecular complexity index is 506. The number of hydrogen-bond donors (Lipinski definition) is 0. The van der Waals surface area contributed by atoms with Crippen LogP contribution in [0.4, 0.5) is 0 Å². The van der Waals surface area contributed by atoms with Crippen molar-refractivity contribution in [3.05, 3.63) is 23.3 Å². The molecule has 0 heterocycles. The lowest BCUT2D eigenvalue weighted by Crippen LogP contribution is -2.17. The van der Waals surface area contributed by atoms with Crippen molar-refractivity contribution in [1.82, 2.24) is 0 Å². The molecule has 1 aromatic carbocycles. The summed E-state index contributed by atoms with van der Waals surface area (Å²) in [5.41, 5.74) is -0.120. The van der Waals surface area contributed by atoms with Gasteiger partial charge in [-0.05, 0) is 12.1 Å². The summed E-state index contributed by atoms with van der Waals surface area (Å²) in [6.45, 7) is 1.04. The van der Waals surface area contributed by atoms with E-state index in [2.05, 4.69) is 0 Å². The maximum absolute atomic E-state index is 12.2. The van der Waals surface area contributed by atoms with E-state index in [0.717, 1.165) is 0 Å². The molecule has 0 atom stereocenters. The minimum Gasteiger partial charge on any atom is -0.490 e. The Labute approximate surface area is 140 Å². The zero-order chi connectivity index (χ0) is 17.9. The summed E-state index contributed by atoms with van der Waals surface area (Å²) in [6.07, 6.45) is 0. The van der Waals surface area contributed by atoms with E-state index < -0.39 is 11.9 Å². The fourth-order valence-electron chi connectivity index (χ4n) is 1.88. The van der Waals surface area contributed by atoms with Crippen molar-refractivity contribution >= 4 is 11.9 Å². The number of carbonyl (C=O) groups is 2. The molecule has 0 unspecified atom stereocenters. The third-order valence-corrected chi connectivity index (χ3v) is 3.00. The van der Waals surface area contributed by atoms with E-state index in [1.807, 2.05) is 0 Å². The van der Waals surface area contributed by atoms with Gasteiger partial charge in [0.2, 0.25) is 0 Å². The van der Waals surface area contributed by atoms with Gasteiger partial charge in [-0.3, -0.25) is 0 Å². The molecule has 1 aromatic rings. The van der Waals surface area contributed by atoms with Gasteiger partial charge in [0.25, 0.3) is 0 Å². The maximum atomic E-state index is 12.2. The van der Waals surface area contributed by atoms with Gasteiger partial charge in [-0.15, -0.1) is 0 Å². The van der Waals surface area contributed by atoms with Crippen LogP contribution in [0.3, 0.4) is 0 Å². The smallest absolute Gasteiger partial charge is 0.342 e. The van der Waals surface area contributed by atoms with E-state index in [-0.39, 0.29) is 35.8 Å². The van der Waals surface area contributed by atoms with E-state index in [4.69, 9.17) is 28.4 Å². The number of benzene rings is 1. The third-order valence-electron chi connectivity index (χ3n) is 3.00. The van der Waals surface area contributed by atoms with Gasteiger partial charge >= 0.3 is 11.9 Å². The van der Waals surface area contributed by atoms with Crippen molar-refractivity contribution in [2.45, 2.75) is 0 Å². The standard InChI is InChI=1S/C16H22O8/c1-19-7-9-23-11-5-6-12(24-10-8-20-2)14(16(18)22-4)13(11)15(17)21-3/h5-6H,7-10H2,1-4H3. The molecule has 0 spiro atoms. The van der Waals surface area contributed by atoms with E-state index in [0.29, 0.717) is 13.2 Å². The molecule has 0 aliphatic carbocycles. The van der Waals surface area contributed by atoms with Crippen molar-refractivity contribution < 1.29 is 38.0 Å². The molecule has 8 nitrogen and oxygen atoms in total. The van der Waals surface area contributed by atoms with Crippen LogP contribution in [-0.4, -0.2) is 66.8 Å². The number of ether oxygens (including phenoxy) is 6. The van der Waals surface area contributed by atoms with Crippen LogP contribution in [0, 0.1) is 0 Å². The predicted octanol–water partition coefficient (Wildman–Crippen LogP) is 1.31. The number of esters is 2. The molecular formula is C16H22O8. The Morgan fingerprint density at radius 1 is 0.708 bits per heavy atom. The Kier molecular flexibility index (Phi) is 8.59. The third kappa shape index (κ3) is 5.10. The van der Waals surface area contributed by atoms with Crippen molar-refractivity contribution in [2.24, 2.45) is 0 Å². The highest BCUT2D eigenvalue weighted by atomic mass is 16.5. The molecule has 8 heteroatoms. The van der Waals surface area contributed by atoms with Gasteiger partial charge < -0.3 is 28.4 Å². The Morgan fingerprint density at radius 3 is 1.38 bits per heavy atom. The summed E-state index contributed by atoms with van der Waals surface area (Å²) >= 11 is 0. The summed E-state index contributed by atoms with van der Waals surface area (Å²) in [5, 5.41) is 0. The average Bonchev–Trinajstić information content (AvgIpc) is 2.61. The van der Waals surface area contributed by atoms with Crippen LogP contribution in [0.5, 0.6) is 11.5 Å². The molecule has 0 aromatic heterocycles. The molecule has 0 aliphatic rings. The first-order valence-corrected chi connectivity index (χ1v) is 7.17. The van der Waals surface area contributed by atoms with Gasteiger partial charge in [0.05, 0.1) is 27.4 Å². The van der Waals surface area contributed by atoms with Crippen molar-refractivity contribution in [3.8, 4) is 11.5 Å². The van der Waals surface area contributed by atoms with Gasteiger partial charge in [-0.1, -0.05) is 0 Å². The summed E-state index contributed by atoms with van der Waals surface area (Å²) in [5.74, 6) is -1.11. The van der Waals surface area contributed by atoms with Gasteiger partial charge in [0.1, 0.15) is 35.8 Å². The summed E-state index contributed by atoms with van der Waals surface area (Å²) in [7, 11) is 5.47. The lowest BCUT2D eigenvalue weighted by atomic mass is 10.0. The highest BCUT2D eigenvalue weighted by molar-refractivity contribution is 6.07. The molecule has 0 fully saturated rings. The lowest BCUT2D eigenvalue weighted by Gasteiger charge is -2.17.